The summed E-state index contributed by atoms with van der Waals surface area (Å²) in [5.74, 6) is 0. The van der Waals surface area contributed by atoms with E-state index in [1.807, 2.05) is 18.2 Å². The van der Waals surface area contributed by atoms with Crippen LogP contribution in [-0.2, 0) is 0 Å². The summed E-state index contributed by atoms with van der Waals surface area (Å²) >= 11 is 0. The van der Waals surface area contributed by atoms with Crippen LogP contribution < -0.4 is 16.7 Å². The SMILES string of the molecule is C[Si](C)(C)c1cc(N)ccc1N. The highest BCUT2D eigenvalue weighted by molar-refractivity contribution is 6.89. The topological polar surface area (TPSA) is 52.0 Å². The number of hydrogen-bond donors (Lipinski definition) is 2. The highest BCUT2D eigenvalue weighted by Crippen LogP contribution is 2.11. The first-order valence-electron chi connectivity index (χ1n) is 4.07. The summed E-state index contributed by atoms with van der Waals surface area (Å²) in [4.78, 5) is 0. The van der Waals surface area contributed by atoms with Crippen LogP contribution in [0.25, 0.3) is 0 Å². The molecule has 0 fully saturated rings. The van der Waals surface area contributed by atoms with E-state index in [0.717, 1.165) is 11.4 Å². The van der Waals surface area contributed by atoms with E-state index in [2.05, 4.69) is 19.6 Å². The van der Waals surface area contributed by atoms with Gasteiger partial charge in [-0.3, -0.25) is 0 Å². The van der Waals surface area contributed by atoms with Crippen LogP contribution in [-0.4, -0.2) is 8.07 Å². The smallest absolute Gasteiger partial charge is 0.0803 e. The van der Waals surface area contributed by atoms with Gasteiger partial charge in [-0.05, 0) is 23.4 Å². The monoisotopic (exact) mass is 180 g/mol. The largest absolute Gasteiger partial charge is 0.399 e. The van der Waals surface area contributed by atoms with E-state index in [1.165, 1.54) is 5.19 Å². The van der Waals surface area contributed by atoms with E-state index in [1.54, 1.807) is 0 Å². The zero-order valence-corrected chi connectivity index (χ0v) is 8.89. The molecular weight excluding hydrogens is 164 g/mol. The van der Waals surface area contributed by atoms with Gasteiger partial charge in [0.2, 0.25) is 0 Å². The third-order valence-electron chi connectivity index (χ3n) is 1.89. The third-order valence-corrected chi connectivity index (χ3v) is 3.93. The molecule has 3 heteroatoms. The predicted octanol–water partition coefficient (Wildman–Crippen LogP) is 1.40. The molecule has 0 aliphatic rings. The zero-order chi connectivity index (χ0) is 9.35. The summed E-state index contributed by atoms with van der Waals surface area (Å²) in [5, 5.41) is 1.25. The molecule has 4 N–H and O–H groups in total. The number of benzene rings is 1. The first-order valence-corrected chi connectivity index (χ1v) is 7.57. The normalized spacial score (nSPS) is 11.6. The van der Waals surface area contributed by atoms with Crippen LogP contribution in [0.1, 0.15) is 0 Å². The van der Waals surface area contributed by atoms with Crippen LogP contribution in [0.3, 0.4) is 0 Å². The summed E-state index contributed by atoms with van der Waals surface area (Å²) in [6.45, 7) is 6.79. The molecule has 0 saturated carbocycles. The fraction of sp³-hybridized carbons (Fsp3) is 0.333. The Bertz CT molecular complexity index is 289. The van der Waals surface area contributed by atoms with Gasteiger partial charge >= 0.3 is 0 Å². The molecule has 0 aliphatic carbocycles. The summed E-state index contributed by atoms with van der Waals surface area (Å²) in [7, 11) is -1.31. The van der Waals surface area contributed by atoms with Crippen molar-refractivity contribution in [1.82, 2.24) is 0 Å². The maximum Gasteiger partial charge on any atom is 0.0803 e. The second kappa shape index (κ2) is 2.82. The number of nitrogens with two attached hydrogens (primary N) is 2. The molecule has 0 radical (unpaired) electrons. The van der Waals surface area contributed by atoms with Crippen molar-refractivity contribution in [2.75, 3.05) is 11.5 Å². The molecular formula is C9H16N2Si. The van der Waals surface area contributed by atoms with Gasteiger partial charge in [0.25, 0.3) is 0 Å². The molecule has 0 bridgehead atoms. The van der Waals surface area contributed by atoms with E-state index < -0.39 is 8.07 Å². The van der Waals surface area contributed by atoms with E-state index in [9.17, 15) is 0 Å². The van der Waals surface area contributed by atoms with Crippen molar-refractivity contribution in [1.29, 1.82) is 0 Å². The average Bonchev–Trinajstić information content (AvgIpc) is 1.92. The van der Waals surface area contributed by atoms with Crippen LogP contribution >= 0.6 is 0 Å². The number of nitrogen functional groups attached to an aromatic ring is 2. The van der Waals surface area contributed by atoms with Crippen molar-refractivity contribution < 1.29 is 0 Å². The Labute approximate surface area is 74.6 Å². The molecule has 66 valence electrons. The average molecular weight is 180 g/mol. The minimum absolute atomic E-state index is 0.807. The number of anilines is 2. The Morgan fingerprint density at radius 1 is 1.08 bits per heavy atom. The minimum atomic E-state index is -1.31. The molecule has 0 heterocycles. The van der Waals surface area contributed by atoms with E-state index in [0.29, 0.717) is 0 Å². The van der Waals surface area contributed by atoms with Crippen molar-refractivity contribution in [3.63, 3.8) is 0 Å². The lowest BCUT2D eigenvalue weighted by atomic mass is 10.3. The first-order chi connectivity index (χ1) is 5.41. The highest BCUT2D eigenvalue weighted by atomic mass is 28.3. The molecule has 0 spiro atoms. The molecule has 2 nitrogen and oxygen atoms in total. The van der Waals surface area contributed by atoms with Gasteiger partial charge in [-0.25, -0.2) is 0 Å². The zero-order valence-electron chi connectivity index (χ0n) is 7.89. The Morgan fingerprint density at radius 3 is 2.08 bits per heavy atom. The third kappa shape index (κ3) is 1.79. The molecule has 12 heavy (non-hydrogen) atoms. The van der Waals surface area contributed by atoms with Crippen molar-refractivity contribution in [2.45, 2.75) is 19.6 Å². The van der Waals surface area contributed by atoms with E-state index in [4.69, 9.17) is 11.5 Å². The van der Waals surface area contributed by atoms with Crippen LogP contribution in [0.2, 0.25) is 19.6 Å². The van der Waals surface area contributed by atoms with Crippen molar-refractivity contribution >= 4 is 24.6 Å². The van der Waals surface area contributed by atoms with Gasteiger partial charge in [0.1, 0.15) is 0 Å². The Kier molecular flexibility index (Phi) is 2.15. The lowest BCUT2D eigenvalue weighted by Gasteiger charge is -2.19. The van der Waals surface area contributed by atoms with Crippen LogP contribution in [0.4, 0.5) is 11.4 Å². The minimum Gasteiger partial charge on any atom is -0.399 e. The second-order valence-corrected chi connectivity index (χ2v) is 9.14. The van der Waals surface area contributed by atoms with Crippen molar-refractivity contribution in [2.24, 2.45) is 0 Å². The molecule has 1 rings (SSSR count). The van der Waals surface area contributed by atoms with Gasteiger partial charge in [0, 0.05) is 11.4 Å². The van der Waals surface area contributed by atoms with Crippen molar-refractivity contribution in [3.8, 4) is 0 Å². The lowest BCUT2D eigenvalue weighted by Crippen LogP contribution is -2.39. The van der Waals surface area contributed by atoms with Crippen LogP contribution in [0.5, 0.6) is 0 Å². The van der Waals surface area contributed by atoms with Gasteiger partial charge < -0.3 is 11.5 Å². The van der Waals surface area contributed by atoms with Gasteiger partial charge in [-0.15, -0.1) is 0 Å². The predicted molar refractivity (Wildman–Crippen MR) is 58.2 cm³/mol. The maximum atomic E-state index is 5.85. The number of hydrogen-bond acceptors (Lipinski definition) is 2. The van der Waals surface area contributed by atoms with E-state index >= 15 is 0 Å². The highest BCUT2D eigenvalue weighted by Gasteiger charge is 2.18. The Morgan fingerprint density at radius 2 is 1.67 bits per heavy atom. The van der Waals surface area contributed by atoms with Gasteiger partial charge in [-0.2, -0.15) is 0 Å². The Balaban J connectivity index is 3.23. The van der Waals surface area contributed by atoms with Gasteiger partial charge in [-0.1, -0.05) is 19.6 Å². The van der Waals surface area contributed by atoms with E-state index in [-0.39, 0.29) is 0 Å². The molecule has 0 aliphatic heterocycles. The molecule has 0 saturated heterocycles. The standard InChI is InChI=1S/C9H16N2Si/c1-12(2,3)9-6-7(10)4-5-8(9)11/h4-6H,10-11H2,1-3H3. The summed E-state index contributed by atoms with van der Waals surface area (Å²) in [5.41, 5.74) is 13.2. The van der Waals surface area contributed by atoms with Crippen LogP contribution in [0, 0.1) is 0 Å². The molecule has 0 atom stereocenters. The maximum absolute atomic E-state index is 5.85. The molecule has 1 aromatic rings. The molecule has 0 unspecified atom stereocenters. The molecule has 1 aromatic carbocycles. The lowest BCUT2D eigenvalue weighted by molar-refractivity contribution is 1.65. The molecule has 0 amide bonds. The quantitative estimate of drug-likeness (QED) is 0.507. The second-order valence-electron chi connectivity index (χ2n) is 4.10. The summed E-state index contributed by atoms with van der Waals surface area (Å²) < 4.78 is 0. The fourth-order valence-electron chi connectivity index (χ4n) is 1.22. The Hall–Kier alpha value is -0.963. The van der Waals surface area contributed by atoms with Crippen molar-refractivity contribution in [3.05, 3.63) is 18.2 Å². The van der Waals surface area contributed by atoms with Crippen LogP contribution in [0.15, 0.2) is 18.2 Å². The summed E-state index contributed by atoms with van der Waals surface area (Å²) in [6.07, 6.45) is 0. The van der Waals surface area contributed by atoms with Gasteiger partial charge in [0.15, 0.2) is 0 Å². The fourth-order valence-corrected chi connectivity index (χ4v) is 2.77. The summed E-state index contributed by atoms with van der Waals surface area (Å²) in [6, 6.07) is 5.74. The molecule has 0 aromatic heterocycles. The first kappa shape index (κ1) is 9.13. The number of rotatable bonds is 1. The van der Waals surface area contributed by atoms with Gasteiger partial charge in [0.05, 0.1) is 8.07 Å².